The van der Waals surface area contributed by atoms with Gasteiger partial charge in [0.1, 0.15) is 11.2 Å². The van der Waals surface area contributed by atoms with Crippen molar-refractivity contribution in [3.8, 4) is 6.07 Å². The van der Waals surface area contributed by atoms with Crippen LogP contribution in [0.2, 0.25) is 5.02 Å². The van der Waals surface area contributed by atoms with Gasteiger partial charge in [0, 0.05) is 27.7 Å². The lowest BCUT2D eigenvalue weighted by Crippen LogP contribution is -2.30. The first-order valence-electron chi connectivity index (χ1n) is 10.2. The van der Waals surface area contributed by atoms with Crippen LogP contribution in [0.15, 0.2) is 72.9 Å². The highest BCUT2D eigenvalue weighted by Gasteiger charge is 2.27. The van der Waals surface area contributed by atoms with Gasteiger partial charge >= 0.3 is 0 Å². The first-order chi connectivity index (χ1) is 15.6. The topological polar surface area (TPSA) is 53.3 Å². The van der Waals surface area contributed by atoms with E-state index in [4.69, 9.17) is 16.3 Å². The third-order valence-corrected chi connectivity index (χ3v) is 7.45. The lowest BCUT2D eigenvalue weighted by atomic mass is 9.94. The van der Waals surface area contributed by atoms with Crippen LogP contribution < -0.4 is 4.90 Å². The predicted molar refractivity (Wildman–Crippen MR) is 145 cm³/mol. The number of allylic oxidation sites excluding steroid dienone is 1. The number of amides is 1. The van der Waals surface area contributed by atoms with E-state index in [1.54, 1.807) is 18.7 Å². The normalized spacial score (nSPS) is 15.3. The third kappa shape index (κ3) is 6.45. The molecule has 2 aromatic carbocycles. The second kappa shape index (κ2) is 11.5. The van der Waals surface area contributed by atoms with Crippen molar-refractivity contribution in [2.24, 2.45) is 5.41 Å². The van der Waals surface area contributed by atoms with Crippen LogP contribution in [0.3, 0.4) is 0 Å². The maximum Gasteiger partial charge on any atom is 0.228 e. The van der Waals surface area contributed by atoms with Crippen molar-refractivity contribution in [2.75, 3.05) is 10.7 Å². The van der Waals surface area contributed by atoms with Crippen molar-refractivity contribution in [2.45, 2.75) is 31.7 Å². The van der Waals surface area contributed by atoms with Gasteiger partial charge in [-0.25, -0.2) is 0 Å². The molecule has 0 aromatic heterocycles. The molecule has 1 aliphatic heterocycles. The molecule has 2 aromatic rings. The maximum atomic E-state index is 13.0. The first-order valence-corrected chi connectivity index (χ1v) is 12.6. The Bertz CT molecular complexity index is 1140. The number of nitrogens with zero attached hydrogens (tertiary/aromatic N) is 2. The summed E-state index contributed by atoms with van der Waals surface area (Å²) in [5.74, 6) is 5.39. The standard InChI is InChI=1S/C24H24ClN2O2PS.C2H4/c1-16(24(2,3)15-26)29-23(30)18-7-10-21-20(13-18)27(22(28)11-12-31(21)4)14-17-5-8-19(25)9-6-17;1-2/h5-10,13,30H,1,4,11-12,14H2,2-3H3;1-2H2. The molecule has 0 bridgehead atoms. The number of hydrogen-bond donors (Lipinski definition) is 0. The zero-order valence-corrected chi connectivity index (χ0v) is 21.6. The first kappa shape index (κ1) is 26.6. The molecule has 1 atom stereocenters. The minimum atomic E-state index is -0.833. The molecular weight excluding hydrogens is 471 g/mol. The predicted octanol–water partition coefficient (Wildman–Crippen LogP) is 6.84. The molecule has 4 nitrogen and oxygen atoms in total. The highest BCUT2D eigenvalue weighted by Crippen LogP contribution is 2.40. The SMILES string of the molecule is C=C.C=C(OC(=P)c1ccc2c(c1)N(Cc1ccc(Cl)cc1)C(=O)CCS2=C)C(C)(C)C#N. The van der Waals surface area contributed by atoms with Gasteiger partial charge in [-0.05, 0) is 49.7 Å². The lowest BCUT2D eigenvalue weighted by molar-refractivity contribution is -0.118. The average molecular weight is 499 g/mol. The molecule has 0 fully saturated rings. The highest BCUT2D eigenvalue weighted by atomic mass is 35.5. The summed E-state index contributed by atoms with van der Waals surface area (Å²) in [5.41, 5.74) is 2.15. The van der Waals surface area contributed by atoms with Crippen LogP contribution in [0.1, 0.15) is 31.4 Å². The third-order valence-electron chi connectivity index (χ3n) is 5.14. The van der Waals surface area contributed by atoms with E-state index < -0.39 is 5.41 Å². The zero-order chi connectivity index (χ0) is 24.8. The molecule has 0 aliphatic carbocycles. The summed E-state index contributed by atoms with van der Waals surface area (Å²) in [6, 6.07) is 15.5. The largest absolute Gasteiger partial charge is 0.456 e. The van der Waals surface area contributed by atoms with E-state index >= 15 is 0 Å². The fourth-order valence-electron chi connectivity index (χ4n) is 3.02. The fraction of sp³-hybridized carbons (Fsp3) is 0.231. The molecule has 172 valence electrons. The van der Waals surface area contributed by atoms with Crippen molar-refractivity contribution in [3.05, 3.63) is 84.1 Å². The summed E-state index contributed by atoms with van der Waals surface area (Å²) in [4.78, 5) is 15.8. The number of carbonyl (C=O) groups excluding carboxylic acids is 1. The van der Waals surface area contributed by atoms with Gasteiger partial charge in [0.25, 0.3) is 0 Å². The Balaban J connectivity index is 0.00000187. The maximum absolute atomic E-state index is 13.0. The number of carbonyl (C=O) groups is 1. The van der Waals surface area contributed by atoms with Gasteiger partial charge in [-0.3, -0.25) is 4.79 Å². The molecule has 0 radical (unpaired) electrons. The number of ether oxygens (including phenoxy) is 1. The lowest BCUT2D eigenvalue weighted by Gasteiger charge is -2.25. The van der Waals surface area contributed by atoms with Gasteiger partial charge < -0.3 is 9.64 Å². The molecule has 1 heterocycles. The Hall–Kier alpha value is -2.64. The number of halogens is 1. The number of nitriles is 1. The smallest absolute Gasteiger partial charge is 0.228 e. The van der Waals surface area contributed by atoms with E-state index in [0.717, 1.165) is 27.5 Å². The van der Waals surface area contributed by atoms with Gasteiger partial charge in [-0.1, -0.05) is 45.0 Å². The van der Waals surface area contributed by atoms with E-state index in [9.17, 15) is 10.1 Å². The zero-order valence-electron chi connectivity index (χ0n) is 19.0. The number of benzene rings is 2. The molecule has 1 aliphatic rings. The molecule has 0 saturated heterocycles. The van der Waals surface area contributed by atoms with E-state index in [-0.39, 0.29) is 16.4 Å². The number of hydrogen-bond acceptors (Lipinski definition) is 3. The number of anilines is 1. The molecule has 0 spiro atoms. The van der Waals surface area contributed by atoms with Crippen LogP contribution in [0.25, 0.3) is 0 Å². The van der Waals surface area contributed by atoms with E-state index in [1.807, 2.05) is 42.5 Å². The Morgan fingerprint density at radius 2 is 1.91 bits per heavy atom. The van der Waals surface area contributed by atoms with Gasteiger partial charge in [0.15, 0.2) is 5.48 Å². The Morgan fingerprint density at radius 3 is 2.52 bits per heavy atom. The van der Waals surface area contributed by atoms with Gasteiger partial charge in [0.05, 0.1) is 18.3 Å². The summed E-state index contributed by atoms with van der Waals surface area (Å²) in [7, 11) is 3.24. The average Bonchev–Trinajstić information content (AvgIpc) is 2.93. The van der Waals surface area contributed by atoms with E-state index in [2.05, 4.69) is 40.5 Å². The van der Waals surface area contributed by atoms with Crippen LogP contribution >= 0.6 is 30.9 Å². The minimum Gasteiger partial charge on any atom is -0.456 e. The van der Waals surface area contributed by atoms with Crippen molar-refractivity contribution in [1.29, 1.82) is 5.26 Å². The van der Waals surface area contributed by atoms with Gasteiger partial charge in [0.2, 0.25) is 5.91 Å². The van der Waals surface area contributed by atoms with Gasteiger partial charge in [-0.15, -0.1) is 13.2 Å². The quantitative estimate of drug-likeness (QED) is 0.189. The minimum absolute atomic E-state index is 0.0541. The fourth-order valence-corrected chi connectivity index (χ4v) is 4.79. The number of rotatable bonds is 6. The highest BCUT2D eigenvalue weighted by molar-refractivity contribution is 8.14. The molecule has 0 saturated carbocycles. The molecule has 7 heteroatoms. The summed E-state index contributed by atoms with van der Waals surface area (Å²) in [6.45, 7) is 13.8. The molecule has 1 amide bonds. The summed E-state index contributed by atoms with van der Waals surface area (Å²) in [5, 5.41) is 9.97. The summed E-state index contributed by atoms with van der Waals surface area (Å²) in [6.07, 6.45) is 0.443. The Morgan fingerprint density at radius 1 is 1.27 bits per heavy atom. The van der Waals surface area contributed by atoms with Gasteiger partial charge in [-0.2, -0.15) is 15.7 Å². The van der Waals surface area contributed by atoms with Crippen LogP contribution in [-0.4, -0.2) is 23.0 Å². The van der Waals surface area contributed by atoms with Crippen molar-refractivity contribution in [3.63, 3.8) is 0 Å². The Labute approximate surface area is 206 Å². The summed E-state index contributed by atoms with van der Waals surface area (Å²) >= 11 is 6.01. The van der Waals surface area contributed by atoms with Crippen LogP contribution in [-0.2, 0) is 16.1 Å². The van der Waals surface area contributed by atoms with E-state index in [1.165, 1.54) is 0 Å². The molecule has 3 rings (SSSR count). The van der Waals surface area contributed by atoms with Crippen LogP contribution in [0, 0.1) is 16.7 Å². The molecule has 1 unspecified atom stereocenters. The number of fused-ring (bicyclic) bond motifs is 1. The van der Waals surface area contributed by atoms with Crippen molar-refractivity contribution < 1.29 is 9.53 Å². The monoisotopic (exact) mass is 498 g/mol. The van der Waals surface area contributed by atoms with Crippen molar-refractivity contribution in [1.82, 2.24) is 0 Å². The van der Waals surface area contributed by atoms with Crippen molar-refractivity contribution >= 4 is 53.9 Å². The summed E-state index contributed by atoms with van der Waals surface area (Å²) < 4.78 is 5.82. The van der Waals surface area contributed by atoms with Crippen LogP contribution in [0.4, 0.5) is 5.69 Å². The molecule has 33 heavy (non-hydrogen) atoms. The molecule has 0 N–H and O–H groups in total. The second-order valence-corrected chi connectivity index (χ2v) is 10.6. The second-order valence-electron chi connectivity index (χ2n) is 7.83. The molecular formula is C26H28ClN2O2PS. The van der Waals surface area contributed by atoms with E-state index in [0.29, 0.717) is 29.2 Å². The van der Waals surface area contributed by atoms with Crippen LogP contribution in [0.5, 0.6) is 0 Å². The Kier molecular flexibility index (Phi) is 9.25.